The van der Waals surface area contributed by atoms with Gasteiger partial charge in [0.05, 0.1) is 41.6 Å². The fourth-order valence-corrected chi connectivity index (χ4v) is 6.12. The first-order valence-electron chi connectivity index (χ1n) is 14.1. The zero-order valence-electron chi connectivity index (χ0n) is 24.5. The molecule has 4 aromatic rings. The number of aryl methyl sites for hydroxylation is 2. The summed E-state index contributed by atoms with van der Waals surface area (Å²) in [5.74, 6) is 0.301. The average Bonchev–Trinajstić information content (AvgIpc) is 3.50. The monoisotopic (exact) mass is 598 g/mol. The summed E-state index contributed by atoms with van der Waals surface area (Å²) in [4.78, 5) is 30.8. The van der Waals surface area contributed by atoms with E-state index >= 15 is 0 Å². The highest BCUT2D eigenvalue weighted by Crippen LogP contribution is 2.42. The van der Waals surface area contributed by atoms with Crippen LogP contribution in [0.2, 0.25) is 0 Å². The molecular weight excluding hydrogens is 564 g/mol. The second kappa shape index (κ2) is 12.6. The normalized spacial score (nSPS) is 16.2. The Bertz CT molecular complexity index is 1670. The molecule has 0 unspecified atom stereocenters. The van der Waals surface area contributed by atoms with E-state index in [1.807, 2.05) is 60.9 Å². The molecule has 1 aliphatic rings. The number of para-hydroxylation sites is 1. The molecule has 11 heteroatoms. The number of thiocarbonyl (C=S) groups is 1. The number of hydrogen-bond acceptors (Lipinski definition) is 6. The molecule has 1 aliphatic heterocycles. The van der Waals surface area contributed by atoms with Crippen molar-refractivity contribution in [3.05, 3.63) is 111 Å². The van der Waals surface area contributed by atoms with Crippen molar-refractivity contribution >= 4 is 34.6 Å². The van der Waals surface area contributed by atoms with Gasteiger partial charge in [-0.2, -0.15) is 0 Å². The highest BCUT2D eigenvalue weighted by atomic mass is 32.1. The van der Waals surface area contributed by atoms with Crippen LogP contribution in [0.4, 0.5) is 11.4 Å². The van der Waals surface area contributed by atoms with E-state index in [9.17, 15) is 14.9 Å². The van der Waals surface area contributed by atoms with Crippen LogP contribution in [0, 0.1) is 24.0 Å². The van der Waals surface area contributed by atoms with Crippen LogP contribution < -0.4 is 15.4 Å². The number of carbonyl (C=O) groups is 1. The van der Waals surface area contributed by atoms with Crippen LogP contribution in [0.15, 0.2) is 72.9 Å². The number of carbonyl (C=O) groups excluding carboxylic acids is 1. The van der Waals surface area contributed by atoms with Crippen molar-refractivity contribution in [2.24, 2.45) is 0 Å². The lowest BCUT2D eigenvalue weighted by Crippen LogP contribution is -2.33. The third-order valence-corrected chi connectivity index (χ3v) is 8.21. The zero-order chi connectivity index (χ0) is 30.7. The summed E-state index contributed by atoms with van der Waals surface area (Å²) in [6.07, 6.45) is 2.81. The number of benzene rings is 2. The molecule has 10 nitrogen and oxygen atoms in total. The number of rotatable bonds is 10. The van der Waals surface area contributed by atoms with Crippen molar-refractivity contribution in [1.82, 2.24) is 19.8 Å². The van der Waals surface area contributed by atoms with Crippen molar-refractivity contribution in [3.8, 4) is 11.4 Å². The van der Waals surface area contributed by atoms with E-state index in [2.05, 4.69) is 33.5 Å². The van der Waals surface area contributed by atoms with Gasteiger partial charge in [0.1, 0.15) is 5.75 Å². The van der Waals surface area contributed by atoms with Crippen molar-refractivity contribution in [1.29, 1.82) is 0 Å². The van der Waals surface area contributed by atoms with Gasteiger partial charge in [-0.15, -0.1) is 0 Å². The molecule has 1 saturated heterocycles. The summed E-state index contributed by atoms with van der Waals surface area (Å²) in [5, 5.41) is 18.5. The first kappa shape index (κ1) is 29.7. The Morgan fingerprint density at radius 2 is 1.91 bits per heavy atom. The zero-order valence-corrected chi connectivity index (χ0v) is 25.4. The first-order valence-corrected chi connectivity index (χ1v) is 14.5. The van der Waals surface area contributed by atoms with E-state index in [1.54, 1.807) is 12.3 Å². The summed E-state index contributed by atoms with van der Waals surface area (Å²) < 4.78 is 7.60. The summed E-state index contributed by atoms with van der Waals surface area (Å²) in [6, 6.07) is 19.8. The molecule has 2 N–H and O–H groups in total. The molecule has 1 amide bonds. The third-order valence-electron chi connectivity index (χ3n) is 7.85. The van der Waals surface area contributed by atoms with Gasteiger partial charge >= 0.3 is 0 Å². The Morgan fingerprint density at radius 1 is 1.14 bits per heavy atom. The molecule has 5 rings (SSSR count). The van der Waals surface area contributed by atoms with Crippen molar-refractivity contribution < 1.29 is 14.5 Å². The molecule has 2 atom stereocenters. The second-order valence-corrected chi connectivity index (χ2v) is 10.8. The van der Waals surface area contributed by atoms with Gasteiger partial charge < -0.3 is 24.8 Å². The maximum atomic E-state index is 13.1. The van der Waals surface area contributed by atoms with Crippen LogP contribution >= 0.6 is 12.2 Å². The van der Waals surface area contributed by atoms with Crippen LogP contribution in [0.25, 0.3) is 5.69 Å². The number of ether oxygens (including phenoxy) is 1. The Morgan fingerprint density at radius 3 is 2.60 bits per heavy atom. The van der Waals surface area contributed by atoms with Gasteiger partial charge in [0, 0.05) is 42.3 Å². The third kappa shape index (κ3) is 5.94. The highest BCUT2D eigenvalue weighted by Gasteiger charge is 2.41. The highest BCUT2D eigenvalue weighted by molar-refractivity contribution is 7.80. The van der Waals surface area contributed by atoms with Crippen molar-refractivity contribution in [2.75, 3.05) is 19.0 Å². The molecule has 2 aromatic heterocycles. The van der Waals surface area contributed by atoms with E-state index in [0.29, 0.717) is 23.1 Å². The van der Waals surface area contributed by atoms with Gasteiger partial charge in [-0.05, 0) is 73.9 Å². The molecule has 0 saturated carbocycles. The lowest BCUT2D eigenvalue weighted by molar-refractivity contribution is -0.384. The van der Waals surface area contributed by atoms with E-state index < -0.39 is 4.92 Å². The number of pyridine rings is 1. The van der Waals surface area contributed by atoms with E-state index in [-0.39, 0.29) is 30.1 Å². The fraction of sp³-hybridized carbons (Fsp3) is 0.281. The first-order chi connectivity index (χ1) is 20.7. The predicted octanol–water partition coefficient (Wildman–Crippen LogP) is 5.97. The maximum absolute atomic E-state index is 13.1. The van der Waals surface area contributed by atoms with Crippen LogP contribution in [0.5, 0.6) is 5.75 Å². The van der Waals surface area contributed by atoms with Crippen molar-refractivity contribution in [3.63, 3.8) is 0 Å². The molecule has 1 fully saturated rings. The Balaban J connectivity index is 1.50. The van der Waals surface area contributed by atoms with Gasteiger partial charge in [-0.3, -0.25) is 19.9 Å². The average molecular weight is 599 g/mol. The van der Waals surface area contributed by atoms with E-state index in [0.717, 1.165) is 40.3 Å². The smallest absolute Gasteiger partial charge is 0.273 e. The topological polar surface area (TPSA) is 115 Å². The van der Waals surface area contributed by atoms with E-state index in [1.165, 1.54) is 19.2 Å². The minimum atomic E-state index is -0.440. The number of anilines is 1. The Kier molecular flexibility index (Phi) is 8.72. The van der Waals surface area contributed by atoms with Gasteiger partial charge in [0.15, 0.2) is 5.11 Å². The van der Waals surface area contributed by atoms with Gasteiger partial charge in [0.25, 0.3) is 5.69 Å². The van der Waals surface area contributed by atoms with Gasteiger partial charge in [0.2, 0.25) is 5.91 Å². The number of aromatic nitrogens is 2. The largest absolute Gasteiger partial charge is 0.494 e. The fourth-order valence-electron chi connectivity index (χ4n) is 5.79. The Labute approximate surface area is 255 Å². The lowest BCUT2D eigenvalue weighted by atomic mass is 9.96. The molecule has 0 aliphatic carbocycles. The van der Waals surface area contributed by atoms with Crippen LogP contribution in [-0.2, 0) is 11.2 Å². The summed E-state index contributed by atoms with van der Waals surface area (Å²) >= 11 is 5.84. The number of non-ortho nitro benzene ring substituents is 1. The number of nitrogens with one attached hydrogen (secondary N) is 2. The lowest BCUT2D eigenvalue weighted by Gasteiger charge is -2.28. The summed E-state index contributed by atoms with van der Waals surface area (Å²) in [5.41, 5.74) is 6.22. The van der Waals surface area contributed by atoms with E-state index in [4.69, 9.17) is 17.0 Å². The molecule has 43 heavy (non-hydrogen) atoms. The minimum absolute atomic E-state index is 0.0464. The number of nitro benzene ring substituents is 1. The number of nitro groups is 1. The Hall–Kier alpha value is -4.77. The molecular formula is C32H34N6O4S. The number of nitrogens with zero attached hydrogens (tertiary/aromatic N) is 4. The SMILES string of the molecule is CCc1ccccc1NC(=O)CCN1C(=S)N[C@H](c2ccccn2)[C@@H]1c1cc(C)n(-c2ccc([N+](=O)[O-])cc2OC)c1C. The maximum Gasteiger partial charge on any atom is 0.273 e. The number of hydrogen-bond donors (Lipinski definition) is 2. The summed E-state index contributed by atoms with van der Waals surface area (Å²) in [6.45, 7) is 6.44. The molecule has 3 heterocycles. The minimum Gasteiger partial charge on any atom is -0.494 e. The van der Waals surface area contributed by atoms with Gasteiger partial charge in [-0.1, -0.05) is 31.2 Å². The van der Waals surface area contributed by atoms with Crippen molar-refractivity contribution in [2.45, 2.75) is 45.7 Å². The van der Waals surface area contributed by atoms with Gasteiger partial charge in [-0.25, -0.2) is 0 Å². The molecule has 0 bridgehead atoms. The van der Waals surface area contributed by atoms with Crippen LogP contribution in [0.1, 0.15) is 53.6 Å². The molecule has 0 radical (unpaired) electrons. The second-order valence-electron chi connectivity index (χ2n) is 10.4. The predicted molar refractivity (Wildman–Crippen MR) is 170 cm³/mol. The van der Waals surface area contributed by atoms with Crippen LogP contribution in [0.3, 0.4) is 0 Å². The number of methoxy groups -OCH3 is 1. The van der Waals surface area contributed by atoms with Crippen LogP contribution in [-0.4, -0.2) is 44.0 Å². The quantitative estimate of drug-likeness (QED) is 0.130. The standard InChI is InChI=1S/C32H34N6O4S/c1-5-22-10-6-7-11-25(22)34-29(39)15-17-36-31(30(35-32(36)43)26-12-8-9-16-33-26)24-18-20(2)37(21(24)3)27-14-13-23(38(40)41)19-28(27)42-4/h6-14,16,18-19,30-31H,5,15,17H2,1-4H3,(H,34,39)(H,35,43)/t30-,31+/m1/s1. The summed E-state index contributed by atoms with van der Waals surface area (Å²) in [7, 11) is 1.50. The number of amides is 1. The molecule has 222 valence electrons. The molecule has 0 spiro atoms. The molecule has 2 aromatic carbocycles.